The Morgan fingerprint density at radius 1 is 1.12 bits per heavy atom. The van der Waals surface area contributed by atoms with Crippen LogP contribution in [0.15, 0.2) is 65.5 Å². The van der Waals surface area contributed by atoms with Crippen molar-refractivity contribution in [2.24, 2.45) is 0 Å². The highest BCUT2D eigenvalue weighted by molar-refractivity contribution is 5.92. The standard InChI is InChI=1S/C19H18N4O2/c1-2-23-18(25)15-10-6-7-11-16(15)20-19(23)22-21-17(24)13-12-14-8-4-3-5-9-14/h3-13H,2H2,1H3,(H,20,22)(H,21,24)/b13-12+. The first-order chi connectivity index (χ1) is 12.2. The second-order valence-electron chi connectivity index (χ2n) is 5.36. The molecule has 0 saturated carbocycles. The Hall–Kier alpha value is -3.41. The van der Waals surface area contributed by atoms with Crippen LogP contribution in [0.1, 0.15) is 12.5 Å². The van der Waals surface area contributed by atoms with Gasteiger partial charge < -0.3 is 0 Å². The van der Waals surface area contributed by atoms with Crippen LogP contribution in [0.3, 0.4) is 0 Å². The molecule has 0 spiro atoms. The highest BCUT2D eigenvalue weighted by atomic mass is 16.2. The van der Waals surface area contributed by atoms with Gasteiger partial charge in [-0.2, -0.15) is 0 Å². The molecule has 0 aliphatic rings. The number of para-hydroxylation sites is 1. The minimum Gasteiger partial charge on any atom is -0.277 e. The quantitative estimate of drug-likeness (QED) is 0.555. The van der Waals surface area contributed by atoms with Crippen LogP contribution in [0.25, 0.3) is 17.0 Å². The van der Waals surface area contributed by atoms with Gasteiger partial charge in [-0.05, 0) is 30.7 Å². The molecule has 0 radical (unpaired) electrons. The van der Waals surface area contributed by atoms with Gasteiger partial charge in [0.2, 0.25) is 5.95 Å². The number of fused-ring (bicyclic) bond motifs is 1. The van der Waals surface area contributed by atoms with Gasteiger partial charge in [0.1, 0.15) is 0 Å². The Morgan fingerprint density at radius 2 is 1.84 bits per heavy atom. The van der Waals surface area contributed by atoms with Crippen molar-refractivity contribution < 1.29 is 4.79 Å². The van der Waals surface area contributed by atoms with E-state index in [4.69, 9.17) is 0 Å². The maximum atomic E-state index is 12.5. The van der Waals surface area contributed by atoms with Gasteiger partial charge in [0.25, 0.3) is 11.5 Å². The summed E-state index contributed by atoms with van der Waals surface area (Å²) >= 11 is 0. The summed E-state index contributed by atoms with van der Waals surface area (Å²) in [5.74, 6) is -0.0402. The SMILES string of the molecule is CCn1c(NNC(=O)/C=C/c2ccccc2)nc2ccccc2c1=O. The van der Waals surface area contributed by atoms with E-state index in [1.54, 1.807) is 24.3 Å². The maximum Gasteiger partial charge on any atom is 0.262 e. The lowest BCUT2D eigenvalue weighted by Crippen LogP contribution is -2.33. The third-order valence-corrected chi connectivity index (χ3v) is 3.70. The summed E-state index contributed by atoms with van der Waals surface area (Å²) in [6.07, 6.45) is 3.12. The number of hydrogen-bond acceptors (Lipinski definition) is 4. The van der Waals surface area contributed by atoms with Crippen LogP contribution in [-0.2, 0) is 11.3 Å². The van der Waals surface area contributed by atoms with Gasteiger partial charge in [-0.1, -0.05) is 42.5 Å². The van der Waals surface area contributed by atoms with Crippen LogP contribution in [0.4, 0.5) is 5.95 Å². The van der Waals surface area contributed by atoms with Crippen molar-refractivity contribution in [3.63, 3.8) is 0 Å². The normalized spacial score (nSPS) is 10.9. The zero-order valence-corrected chi connectivity index (χ0v) is 13.8. The predicted octanol–water partition coefficient (Wildman–Crippen LogP) is 2.57. The van der Waals surface area contributed by atoms with E-state index < -0.39 is 0 Å². The van der Waals surface area contributed by atoms with Crippen molar-refractivity contribution in [2.75, 3.05) is 5.43 Å². The number of aromatic nitrogens is 2. The highest BCUT2D eigenvalue weighted by Gasteiger charge is 2.09. The molecule has 1 amide bonds. The van der Waals surface area contributed by atoms with Gasteiger partial charge in [-0.15, -0.1) is 0 Å². The largest absolute Gasteiger partial charge is 0.277 e. The summed E-state index contributed by atoms with van der Waals surface area (Å²) in [4.78, 5) is 28.9. The van der Waals surface area contributed by atoms with Crippen LogP contribution in [0.2, 0.25) is 0 Å². The number of nitrogens with zero attached hydrogens (tertiary/aromatic N) is 2. The molecule has 2 N–H and O–H groups in total. The Bertz CT molecular complexity index is 978. The molecule has 3 aromatic rings. The second kappa shape index (κ2) is 7.44. The molecular formula is C19H18N4O2. The highest BCUT2D eigenvalue weighted by Crippen LogP contribution is 2.10. The number of anilines is 1. The summed E-state index contributed by atoms with van der Waals surface area (Å²) in [5, 5.41) is 0.546. The van der Waals surface area contributed by atoms with E-state index in [1.165, 1.54) is 10.6 Å². The zero-order valence-electron chi connectivity index (χ0n) is 13.8. The molecule has 0 atom stereocenters. The second-order valence-corrected chi connectivity index (χ2v) is 5.36. The number of benzene rings is 2. The molecule has 0 fully saturated rings. The lowest BCUT2D eigenvalue weighted by molar-refractivity contribution is -0.116. The zero-order chi connectivity index (χ0) is 17.6. The van der Waals surface area contributed by atoms with E-state index in [2.05, 4.69) is 15.8 Å². The molecule has 0 unspecified atom stereocenters. The van der Waals surface area contributed by atoms with E-state index in [-0.39, 0.29) is 11.5 Å². The van der Waals surface area contributed by atoms with Crippen LogP contribution >= 0.6 is 0 Å². The molecule has 0 aliphatic heterocycles. The maximum absolute atomic E-state index is 12.5. The summed E-state index contributed by atoms with van der Waals surface area (Å²) in [7, 11) is 0. The van der Waals surface area contributed by atoms with Gasteiger partial charge in [0.15, 0.2) is 0 Å². The first-order valence-corrected chi connectivity index (χ1v) is 7.97. The minimum absolute atomic E-state index is 0.148. The van der Waals surface area contributed by atoms with Crippen LogP contribution in [0.5, 0.6) is 0 Å². The summed E-state index contributed by atoms with van der Waals surface area (Å²) < 4.78 is 1.48. The van der Waals surface area contributed by atoms with Gasteiger partial charge in [0, 0.05) is 12.6 Å². The molecule has 0 aliphatic carbocycles. The van der Waals surface area contributed by atoms with Crippen molar-refractivity contribution >= 4 is 28.8 Å². The number of hydrogen-bond donors (Lipinski definition) is 2. The van der Waals surface area contributed by atoms with Crippen molar-refractivity contribution in [3.05, 3.63) is 76.6 Å². The predicted molar refractivity (Wildman–Crippen MR) is 98.9 cm³/mol. The summed E-state index contributed by atoms with van der Waals surface area (Å²) in [6.45, 7) is 2.29. The molecule has 2 aromatic carbocycles. The molecule has 1 heterocycles. The van der Waals surface area contributed by atoms with E-state index >= 15 is 0 Å². The number of amides is 1. The number of carbonyl (C=O) groups is 1. The van der Waals surface area contributed by atoms with Crippen molar-refractivity contribution in [1.82, 2.24) is 15.0 Å². The molecule has 3 rings (SSSR count). The lowest BCUT2D eigenvalue weighted by atomic mass is 10.2. The Kier molecular flexibility index (Phi) is 4.89. The van der Waals surface area contributed by atoms with E-state index in [0.717, 1.165) is 5.56 Å². The monoisotopic (exact) mass is 334 g/mol. The fourth-order valence-electron chi connectivity index (χ4n) is 2.45. The van der Waals surface area contributed by atoms with Crippen molar-refractivity contribution in [3.8, 4) is 0 Å². The third-order valence-electron chi connectivity index (χ3n) is 3.70. The average molecular weight is 334 g/mol. The van der Waals surface area contributed by atoms with Crippen molar-refractivity contribution in [1.29, 1.82) is 0 Å². The van der Waals surface area contributed by atoms with Gasteiger partial charge in [-0.25, -0.2) is 4.98 Å². The first kappa shape index (κ1) is 16.4. The number of hydrazine groups is 1. The molecule has 0 bridgehead atoms. The average Bonchev–Trinajstić information content (AvgIpc) is 2.65. The summed E-state index contributed by atoms with van der Waals surface area (Å²) in [6, 6.07) is 16.6. The van der Waals surface area contributed by atoms with Crippen LogP contribution in [-0.4, -0.2) is 15.5 Å². The molecule has 1 aromatic heterocycles. The third kappa shape index (κ3) is 3.74. The molecule has 126 valence electrons. The van der Waals surface area contributed by atoms with Crippen LogP contribution in [0, 0.1) is 0 Å². The van der Waals surface area contributed by atoms with Gasteiger partial charge >= 0.3 is 0 Å². The molecule has 6 nitrogen and oxygen atoms in total. The fraction of sp³-hybridized carbons (Fsp3) is 0.105. The van der Waals surface area contributed by atoms with E-state index in [1.807, 2.05) is 43.3 Å². The topological polar surface area (TPSA) is 76.0 Å². The molecule has 25 heavy (non-hydrogen) atoms. The molecular weight excluding hydrogens is 316 g/mol. The number of rotatable bonds is 5. The smallest absolute Gasteiger partial charge is 0.262 e. The Labute approximate surface area is 144 Å². The fourth-order valence-corrected chi connectivity index (χ4v) is 2.45. The molecule has 6 heteroatoms. The molecule has 0 saturated heterocycles. The summed E-state index contributed by atoms with van der Waals surface area (Å²) in [5.41, 5.74) is 6.62. The number of carbonyl (C=O) groups excluding carboxylic acids is 1. The van der Waals surface area contributed by atoms with Crippen molar-refractivity contribution in [2.45, 2.75) is 13.5 Å². The Morgan fingerprint density at radius 3 is 2.60 bits per heavy atom. The number of nitrogens with one attached hydrogen (secondary N) is 2. The van der Waals surface area contributed by atoms with E-state index in [0.29, 0.717) is 23.4 Å². The van der Waals surface area contributed by atoms with E-state index in [9.17, 15) is 9.59 Å². The van der Waals surface area contributed by atoms with Crippen LogP contribution < -0.4 is 16.4 Å². The minimum atomic E-state index is -0.339. The first-order valence-electron chi connectivity index (χ1n) is 7.97. The lowest BCUT2D eigenvalue weighted by Gasteiger charge is -2.13. The van der Waals surface area contributed by atoms with Gasteiger partial charge in [0.05, 0.1) is 10.9 Å². The Balaban J connectivity index is 1.77. The van der Waals surface area contributed by atoms with Gasteiger partial charge in [-0.3, -0.25) is 25.0 Å².